The molecule has 1 unspecified atom stereocenters. The molecule has 1 saturated heterocycles. The second-order valence-electron chi connectivity index (χ2n) is 10.7. The van der Waals surface area contributed by atoms with Crippen molar-refractivity contribution >= 4 is 5.91 Å². The van der Waals surface area contributed by atoms with Gasteiger partial charge in [-0.1, -0.05) is 62.4 Å². The maximum absolute atomic E-state index is 13.7. The molecule has 2 aliphatic heterocycles. The zero-order chi connectivity index (χ0) is 26.5. The number of rotatable bonds is 8. The monoisotopic (exact) mass is 514 g/mol. The average molecular weight is 515 g/mol. The molecule has 2 aliphatic rings. The summed E-state index contributed by atoms with van der Waals surface area (Å²) < 4.78 is 17.4. The third kappa shape index (κ3) is 6.37. The van der Waals surface area contributed by atoms with Gasteiger partial charge in [0.25, 0.3) is 5.91 Å². The normalized spacial score (nSPS) is 17.4. The first-order valence-electron chi connectivity index (χ1n) is 13.6. The summed E-state index contributed by atoms with van der Waals surface area (Å²) in [5, 5.41) is 0. The van der Waals surface area contributed by atoms with E-state index in [4.69, 9.17) is 14.2 Å². The molecule has 1 amide bonds. The quantitative estimate of drug-likeness (QED) is 0.407. The molecule has 6 heteroatoms. The fourth-order valence-electron chi connectivity index (χ4n) is 5.27. The SMILES string of the molecule is Cc1ccccc1-c1cccc(CN2CCOC(C(=O)N(Cc3ccc4c(c3)OCCO4)CC(C)C)C2)c1. The molecule has 1 fully saturated rings. The van der Waals surface area contributed by atoms with Gasteiger partial charge < -0.3 is 19.1 Å². The smallest absolute Gasteiger partial charge is 0.253 e. The highest BCUT2D eigenvalue weighted by atomic mass is 16.6. The minimum Gasteiger partial charge on any atom is -0.486 e. The number of carbonyl (C=O) groups excluding carboxylic acids is 1. The lowest BCUT2D eigenvalue weighted by atomic mass is 9.99. The van der Waals surface area contributed by atoms with Gasteiger partial charge >= 0.3 is 0 Å². The molecule has 2 heterocycles. The van der Waals surface area contributed by atoms with Crippen LogP contribution in [0.4, 0.5) is 0 Å². The van der Waals surface area contributed by atoms with Gasteiger partial charge in [-0.2, -0.15) is 0 Å². The van der Waals surface area contributed by atoms with Gasteiger partial charge in [0.1, 0.15) is 19.3 Å². The fourth-order valence-corrected chi connectivity index (χ4v) is 5.27. The van der Waals surface area contributed by atoms with E-state index < -0.39 is 6.10 Å². The first kappa shape index (κ1) is 26.3. The van der Waals surface area contributed by atoms with E-state index in [1.54, 1.807) is 0 Å². The van der Waals surface area contributed by atoms with Gasteiger partial charge in [-0.3, -0.25) is 9.69 Å². The molecule has 5 rings (SSSR count). The number of ether oxygens (including phenoxy) is 3. The number of nitrogens with zero attached hydrogens (tertiary/aromatic N) is 2. The summed E-state index contributed by atoms with van der Waals surface area (Å²) in [7, 11) is 0. The molecule has 0 bridgehead atoms. The van der Waals surface area contributed by atoms with Crippen LogP contribution in [0, 0.1) is 12.8 Å². The van der Waals surface area contributed by atoms with E-state index in [0.29, 0.717) is 45.4 Å². The molecule has 0 aliphatic carbocycles. The van der Waals surface area contributed by atoms with Gasteiger partial charge in [-0.05, 0) is 58.9 Å². The van der Waals surface area contributed by atoms with E-state index in [1.807, 2.05) is 23.1 Å². The Morgan fingerprint density at radius 3 is 2.58 bits per heavy atom. The largest absolute Gasteiger partial charge is 0.486 e. The van der Waals surface area contributed by atoms with Crippen LogP contribution in [0.1, 0.15) is 30.5 Å². The van der Waals surface area contributed by atoms with Crippen LogP contribution >= 0.6 is 0 Å². The predicted molar refractivity (Wildman–Crippen MR) is 149 cm³/mol. The molecule has 200 valence electrons. The third-order valence-electron chi connectivity index (χ3n) is 7.09. The number of hydrogen-bond acceptors (Lipinski definition) is 5. The predicted octanol–water partition coefficient (Wildman–Crippen LogP) is 5.32. The Labute approximate surface area is 226 Å². The Kier molecular flexibility index (Phi) is 8.30. The van der Waals surface area contributed by atoms with Crippen molar-refractivity contribution in [2.45, 2.75) is 40.0 Å². The number of benzene rings is 3. The summed E-state index contributed by atoms with van der Waals surface area (Å²) in [5.41, 5.74) is 6.03. The summed E-state index contributed by atoms with van der Waals surface area (Å²) in [6, 6.07) is 23.1. The van der Waals surface area contributed by atoms with Crippen molar-refractivity contribution < 1.29 is 19.0 Å². The van der Waals surface area contributed by atoms with Crippen molar-refractivity contribution in [1.82, 2.24) is 9.80 Å². The summed E-state index contributed by atoms with van der Waals surface area (Å²) in [6.07, 6.45) is -0.473. The fraction of sp³-hybridized carbons (Fsp3) is 0.406. The molecule has 6 nitrogen and oxygen atoms in total. The van der Waals surface area contributed by atoms with E-state index in [1.165, 1.54) is 22.3 Å². The number of hydrogen-bond donors (Lipinski definition) is 0. The Bertz CT molecular complexity index is 1260. The minimum absolute atomic E-state index is 0.0481. The van der Waals surface area contributed by atoms with Crippen LogP contribution in [0.5, 0.6) is 11.5 Å². The molecule has 0 radical (unpaired) electrons. The zero-order valence-electron chi connectivity index (χ0n) is 22.7. The average Bonchev–Trinajstić information content (AvgIpc) is 2.92. The molecule has 1 atom stereocenters. The lowest BCUT2D eigenvalue weighted by Gasteiger charge is -2.35. The van der Waals surface area contributed by atoms with Crippen molar-refractivity contribution in [3.8, 4) is 22.6 Å². The Balaban J connectivity index is 1.26. The second-order valence-corrected chi connectivity index (χ2v) is 10.7. The Hall–Kier alpha value is -3.35. The van der Waals surface area contributed by atoms with Crippen LogP contribution in [-0.2, 0) is 22.6 Å². The molecular weight excluding hydrogens is 476 g/mol. The lowest BCUT2D eigenvalue weighted by molar-refractivity contribution is -0.151. The maximum atomic E-state index is 13.7. The molecule has 0 spiro atoms. The second kappa shape index (κ2) is 12.0. The van der Waals surface area contributed by atoms with Crippen LogP contribution in [0.15, 0.2) is 66.7 Å². The Morgan fingerprint density at radius 1 is 0.947 bits per heavy atom. The first-order chi connectivity index (χ1) is 18.5. The van der Waals surface area contributed by atoms with Crippen LogP contribution in [-0.4, -0.2) is 61.3 Å². The van der Waals surface area contributed by atoms with Crippen molar-refractivity contribution in [1.29, 1.82) is 0 Å². The van der Waals surface area contributed by atoms with E-state index in [-0.39, 0.29) is 5.91 Å². The molecule has 0 N–H and O–H groups in total. The van der Waals surface area contributed by atoms with Gasteiger partial charge in [0, 0.05) is 32.7 Å². The molecule has 3 aromatic carbocycles. The minimum atomic E-state index is -0.473. The van der Waals surface area contributed by atoms with Crippen molar-refractivity contribution in [3.63, 3.8) is 0 Å². The molecular formula is C32H38N2O4. The molecule has 38 heavy (non-hydrogen) atoms. The standard InChI is InChI=1S/C32H38N2O4/c1-23(2)19-34(21-26-11-12-29-30(18-26)38-16-15-37-29)32(35)31-22-33(13-14-36-31)20-25-8-6-9-27(17-25)28-10-5-4-7-24(28)3/h4-12,17-18,23,31H,13-16,19-22H2,1-3H3. The van der Waals surface area contributed by atoms with E-state index >= 15 is 0 Å². The van der Waals surface area contributed by atoms with Crippen LogP contribution in [0.25, 0.3) is 11.1 Å². The van der Waals surface area contributed by atoms with Gasteiger partial charge in [0.2, 0.25) is 0 Å². The number of fused-ring (bicyclic) bond motifs is 1. The zero-order valence-corrected chi connectivity index (χ0v) is 22.7. The third-order valence-corrected chi connectivity index (χ3v) is 7.09. The van der Waals surface area contributed by atoms with E-state index in [2.05, 4.69) is 74.2 Å². The lowest BCUT2D eigenvalue weighted by Crippen LogP contribution is -2.51. The highest BCUT2D eigenvalue weighted by Gasteiger charge is 2.31. The first-order valence-corrected chi connectivity index (χ1v) is 13.6. The van der Waals surface area contributed by atoms with Crippen LogP contribution in [0.3, 0.4) is 0 Å². The highest BCUT2D eigenvalue weighted by Crippen LogP contribution is 2.31. The summed E-state index contributed by atoms with van der Waals surface area (Å²) >= 11 is 0. The van der Waals surface area contributed by atoms with Crippen LogP contribution in [0.2, 0.25) is 0 Å². The molecule has 0 saturated carbocycles. The van der Waals surface area contributed by atoms with Gasteiger partial charge in [0.05, 0.1) is 6.61 Å². The van der Waals surface area contributed by atoms with Crippen LogP contribution < -0.4 is 9.47 Å². The van der Waals surface area contributed by atoms with Gasteiger partial charge in [-0.25, -0.2) is 0 Å². The number of carbonyl (C=O) groups is 1. The molecule has 3 aromatic rings. The van der Waals surface area contributed by atoms with Crippen molar-refractivity contribution in [3.05, 3.63) is 83.4 Å². The number of amides is 1. The maximum Gasteiger partial charge on any atom is 0.253 e. The topological polar surface area (TPSA) is 51.2 Å². The van der Waals surface area contributed by atoms with E-state index in [0.717, 1.165) is 30.2 Å². The number of morpholine rings is 1. The number of aryl methyl sites for hydroxylation is 1. The Morgan fingerprint density at radius 2 is 1.76 bits per heavy atom. The van der Waals surface area contributed by atoms with Crippen molar-refractivity contribution in [2.24, 2.45) is 5.92 Å². The highest BCUT2D eigenvalue weighted by molar-refractivity contribution is 5.81. The molecule has 0 aromatic heterocycles. The summed E-state index contributed by atoms with van der Waals surface area (Å²) in [4.78, 5) is 18.0. The van der Waals surface area contributed by atoms with Gasteiger partial charge in [-0.15, -0.1) is 0 Å². The van der Waals surface area contributed by atoms with Gasteiger partial charge in [0.15, 0.2) is 11.5 Å². The summed E-state index contributed by atoms with van der Waals surface area (Å²) in [6.45, 7) is 11.5. The summed E-state index contributed by atoms with van der Waals surface area (Å²) in [5.74, 6) is 1.91. The van der Waals surface area contributed by atoms with E-state index in [9.17, 15) is 4.79 Å². The van der Waals surface area contributed by atoms with Crippen molar-refractivity contribution in [2.75, 3.05) is 39.5 Å².